The zero-order valence-electron chi connectivity index (χ0n) is 12.5. The molecule has 1 N–H and O–H groups in total. The van der Waals surface area contributed by atoms with Crippen LogP contribution >= 0.6 is 11.3 Å². The highest BCUT2D eigenvalue weighted by molar-refractivity contribution is 7.20. The standard InChI is InChI=1S/C18H15NO3S/c1-12-6-8-14(9-7-12)19-17(20)11-22-18(21)16-10-13-4-2-3-5-15(13)23-16/h2-10H,11H2,1H3,(H,19,20). The van der Waals surface area contributed by atoms with Crippen LogP contribution in [0.4, 0.5) is 5.69 Å². The summed E-state index contributed by atoms with van der Waals surface area (Å²) in [6, 6.07) is 16.9. The first-order chi connectivity index (χ1) is 11.1. The Hall–Kier alpha value is -2.66. The number of benzene rings is 2. The van der Waals surface area contributed by atoms with Gasteiger partial charge in [0.15, 0.2) is 6.61 Å². The van der Waals surface area contributed by atoms with E-state index in [1.165, 1.54) is 11.3 Å². The van der Waals surface area contributed by atoms with Crippen LogP contribution in [0.3, 0.4) is 0 Å². The van der Waals surface area contributed by atoms with Gasteiger partial charge in [-0.15, -0.1) is 11.3 Å². The van der Waals surface area contributed by atoms with Crippen molar-refractivity contribution in [1.82, 2.24) is 0 Å². The molecule has 0 saturated carbocycles. The molecule has 0 bridgehead atoms. The van der Waals surface area contributed by atoms with E-state index in [9.17, 15) is 9.59 Å². The van der Waals surface area contributed by atoms with Crippen molar-refractivity contribution in [2.45, 2.75) is 6.92 Å². The Morgan fingerprint density at radius 3 is 2.57 bits per heavy atom. The molecular formula is C18H15NO3S. The van der Waals surface area contributed by atoms with Gasteiger partial charge in [-0.25, -0.2) is 4.79 Å². The van der Waals surface area contributed by atoms with Gasteiger partial charge in [-0.1, -0.05) is 35.9 Å². The van der Waals surface area contributed by atoms with Crippen molar-refractivity contribution < 1.29 is 14.3 Å². The smallest absolute Gasteiger partial charge is 0.348 e. The van der Waals surface area contributed by atoms with Gasteiger partial charge in [-0.05, 0) is 36.6 Å². The van der Waals surface area contributed by atoms with E-state index < -0.39 is 5.97 Å². The normalized spacial score (nSPS) is 10.5. The summed E-state index contributed by atoms with van der Waals surface area (Å²) < 4.78 is 6.09. The first-order valence-electron chi connectivity index (χ1n) is 7.14. The minimum atomic E-state index is -0.481. The minimum absolute atomic E-state index is 0.305. The van der Waals surface area contributed by atoms with Crippen LogP contribution in [0.5, 0.6) is 0 Å². The molecule has 0 spiro atoms. The van der Waals surface area contributed by atoms with E-state index in [0.717, 1.165) is 15.6 Å². The third kappa shape index (κ3) is 3.76. The number of ether oxygens (including phenoxy) is 1. The van der Waals surface area contributed by atoms with Crippen molar-refractivity contribution in [3.63, 3.8) is 0 Å². The third-order valence-electron chi connectivity index (χ3n) is 3.30. The average Bonchev–Trinajstić information content (AvgIpc) is 2.99. The third-order valence-corrected chi connectivity index (χ3v) is 4.39. The van der Waals surface area contributed by atoms with Gasteiger partial charge in [0.2, 0.25) is 0 Å². The summed E-state index contributed by atoms with van der Waals surface area (Å²) in [5.41, 5.74) is 1.79. The maximum absolute atomic E-state index is 12.0. The Morgan fingerprint density at radius 2 is 1.83 bits per heavy atom. The monoisotopic (exact) mass is 325 g/mol. The number of carbonyl (C=O) groups excluding carboxylic acids is 2. The zero-order valence-corrected chi connectivity index (χ0v) is 13.4. The number of fused-ring (bicyclic) bond motifs is 1. The van der Waals surface area contributed by atoms with Gasteiger partial charge in [0.05, 0.1) is 0 Å². The number of nitrogens with one attached hydrogen (secondary N) is 1. The lowest BCUT2D eigenvalue weighted by Crippen LogP contribution is -2.20. The van der Waals surface area contributed by atoms with Crippen molar-refractivity contribution >= 4 is 39.0 Å². The largest absolute Gasteiger partial charge is 0.451 e. The Morgan fingerprint density at radius 1 is 1.09 bits per heavy atom. The van der Waals surface area contributed by atoms with E-state index >= 15 is 0 Å². The quantitative estimate of drug-likeness (QED) is 0.738. The molecule has 5 heteroatoms. The van der Waals surface area contributed by atoms with Crippen LogP contribution in [-0.2, 0) is 9.53 Å². The predicted octanol–water partition coefficient (Wildman–Crippen LogP) is 4.01. The second kappa shape index (κ2) is 6.62. The molecule has 0 unspecified atom stereocenters. The van der Waals surface area contributed by atoms with E-state index in [0.29, 0.717) is 10.6 Å². The van der Waals surface area contributed by atoms with Crippen LogP contribution in [0, 0.1) is 6.92 Å². The van der Waals surface area contributed by atoms with Crippen molar-refractivity contribution in [1.29, 1.82) is 0 Å². The van der Waals surface area contributed by atoms with Crippen LogP contribution < -0.4 is 5.32 Å². The van der Waals surface area contributed by atoms with Gasteiger partial charge in [-0.2, -0.15) is 0 Å². The molecule has 0 aliphatic carbocycles. The Bertz CT molecular complexity index is 819. The minimum Gasteiger partial charge on any atom is -0.451 e. The second-order valence-corrected chi connectivity index (χ2v) is 6.22. The summed E-state index contributed by atoms with van der Waals surface area (Å²) in [6.07, 6.45) is 0. The molecule has 0 aliphatic rings. The Kier molecular flexibility index (Phi) is 4.39. The summed E-state index contributed by atoms with van der Waals surface area (Å²) in [5.74, 6) is -0.839. The second-order valence-electron chi connectivity index (χ2n) is 5.14. The van der Waals surface area contributed by atoms with Crippen LogP contribution in [0.15, 0.2) is 54.6 Å². The molecule has 0 fully saturated rings. The van der Waals surface area contributed by atoms with Crippen LogP contribution in [0.2, 0.25) is 0 Å². The molecular weight excluding hydrogens is 310 g/mol. The number of amides is 1. The lowest BCUT2D eigenvalue weighted by molar-refractivity contribution is -0.119. The maximum Gasteiger partial charge on any atom is 0.348 e. The highest BCUT2D eigenvalue weighted by Gasteiger charge is 2.13. The number of carbonyl (C=O) groups is 2. The molecule has 3 aromatic rings. The van der Waals surface area contributed by atoms with Crippen molar-refractivity contribution in [3.05, 3.63) is 65.0 Å². The molecule has 23 heavy (non-hydrogen) atoms. The maximum atomic E-state index is 12.0. The fourth-order valence-electron chi connectivity index (χ4n) is 2.12. The number of thiophene rings is 1. The van der Waals surface area contributed by atoms with E-state index in [1.54, 1.807) is 18.2 Å². The molecule has 1 heterocycles. The lowest BCUT2D eigenvalue weighted by Gasteiger charge is -2.06. The van der Waals surface area contributed by atoms with Crippen LogP contribution in [0.25, 0.3) is 10.1 Å². The van der Waals surface area contributed by atoms with Gasteiger partial charge >= 0.3 is 5.97 Å². The highest BCUT2D eigenvalue weighted by atomic mass is 32.1. The fraction of sp³-hybridized carbons (Fsp3) is 0.111. The van der Waals surface area contributed by atoms with E-state index in [1.807, 2.05) is 43.3 Å². The van der Waals surface area contributed by atoms with Crippen molar-refractivity contribution in [3.8, 4) is 0 Å². The molecule has 0 atom stereocenters. The number of esters is 1. The molecule has 0 saturated heterocycles. The first kappa shape index (κ1) is 15.2. The number of aryl methyl sites for hydroxylation is 1. The summed E-state index contributed by atoms with van der Waals surface area (Å²) in [4.78, 5) is 24.3. The molecule has 3 rings (SSSR count). The molecule has 4 nitrogen and oxygen atoms in total. The predicted molar refractivity (Wildman–Crippen MR) is 91.9 cm³/mol. The number of hydrogen-bond acceptors (Lipinski definition) is 4. The number of rotatable bonds is 4. The van der Waals surface area contributed by atoms with Crippen LogP contribution in [0.1, 0.15) is 15.2 Å². The molecule has 2 aromatic carbocycles. The molecule has 116 valence electrons. The van der Waals surface area contributed by atoms with E-state index in [2.05, 4.69) is 5.32 Å². The lowest BCUT2D eigenvalue weighted by atomic mass is 10.2. The summed E-state index contributed by atoms with van der Waals surface area (Å²) in [6.45, 7) is 1.67. The van der Waals surface area contributed by atoms with Gasteiger partial charge in [-0.3, -0.25) is 4.79 Å². The van der Waals surface area contributed by atoms with Gasteiger partial charge in [0, 0.05) is 10.4 Å². The van der Waals surface area contributed by atoms with Gasteiger partial charge in [0.1, 0.15) is 4.88 Å². The Labute approximate surface area is 137 Å². The van der Waals surface area contributed by atoms with Crippen molar-refractivity contribution in [2.24, 2.45) is 0 Å². The number of anilines is 1. The average molecular weight is 325 g/mol. The topological polar surface area (TPSA) is 55.4 Å². The van der Waals surface area contributed by atoms with Crippen LogP contribution in [-0.4, -0.2) is 18.5 Å². The fourth-order valence-corrected chi connectivity index (χ4v) is 3.08. The highest BCUT2D eigenvalue weighted by Crippen LogP contribution is 2.25. The molecule has 1 aromatic heterocycles. The van der Waals surface area contributed by atoms with Gasteiger partial charge in [0.25, 0.3) is 5.91 Å². The van der Waals surface area contributed by atoms with E-state index in [-0.39, 0.29) is 12.5 Å². The zero-order chi connectivity index (χ0) is 16.2. The molecule has 1 amide bonds. The summed E-state index contributed by atoms with van der Waals surface area (Å²) >= 11 is 1.36. The SMILES string of the molecule is Cc1ccc(NC(=O)COC(=O)c2cc3ccccc3s2)cc1. The number of hydrogen-bond donors (Lipinski definition) is 1. The first-order valence-corrected chi connectivity index (χ1v) is 7.96. The van der Waals surface area contributed by atoms with E-state index in [4.69, 9.17) is 4.74 Å². The van der Waals surface area contributed by atoms with Gasteiger partial charge < -0.3 is 10.1 Å². The van der Waals surface area contributed by atoms with Crippen molar-refractivity contribution in [2.75, 3.05) is 11.9 Å². The molecule has 0 aliphatic heterocycles. The Balaban J connectivity index is 1.57. The molecule has 0 radical (unpaired) electrons. The summed E-state index contributed by atoms with van der Waals surface area (Å²) in [7, 11) is 0. The summed E-state index contributed by atoms with van der Waals surface area (Å²) in [5, 5.41) is 3.68.